The van der Waals surface area contributed by atoms with Crippen LogP contribution in [0, 0.1) is 13.8 Å². The Labute approximate surface area is 150 Å². The van der Waals surface area contributed by atoms with Gasteiger partial charge < -0.3 is 5.32 Å². The molecule has 0 saturated heterocycles. The molecule has 0 saturated carbocycles. The number of Topliss-reactive ketones (excluding diaryl/α,β-unsaturated/α-hetero) is 1. The van der Waals surface area contributed by atoms with Gasteiger partial charge >= 0.3 is 0 Å². The lowest BCUT2D eigenvalue weighted by Gasteiger charge is -2.10. The summed E-state index contributed by atoms with van der Waals surface area (Å²) in [6.45, 7) is 5.44. The lowest BCUT2D eigenvalue weighted by Crippen LogP contribution is -2.13. The Morgan fingerprint density at radius 3 is 2.56 bits per heavy atom. The highest BCUT2D eigenvalue weighted by Gasteiger charge is 2.15. The van der Waals surface area contributed by atoms with Crippen LogP contribution in [0.25, 0.3) is 10.9 Å². The molecular weight excluding hydrogens is 336 g/mol. The number of amides is 1. The molecule has 0 bridgehead atoms. The smallest absolute Gasteiger partial charge is 0.258 e. The van der Waals surface area contributed by atoms with E-state index >= 15 is 0 Å². The van der Waals surface area contributed by atoms with Crippen LogP contribution in [0.5, 0.6) is 0 Å². The van der Waals surface area contributed by atoms with Crippen LogP contribution in [-0.4, -0.2) is 16.7 Å². The van der Waals surface area contributed by atoms with Crippen molar-refractivity contribution in [1.29, 1.82) is 0 Å². The van der Waals surface area contributed by atoms with Gasteiger partial charge in [-0.05, 0) is 50.6 Å². The van der Waals surface area contributed by atoms with Gasteiger partial charge in [-0.15, -0.1) is 0 Å². The summed E-state index contributed by atoms with van der Waals surface area (Å²) in [4.78, 5) is 28.5. The average Bonchev–Trinajstić information content (AvgIpc) is 2.55. The van der Waals surface area contributed by atoms with Crippen LogP contribution in [0.15, 0.2) is 42.5 Å². The van der Waals surface area contributed by atoms with E-state index in [1.54, 1.807) is 30.3 Å². The van der Waals surface area contributed by atoms with Crippen molar-refractivity contribution in [3.8, 4) is 0 Å². The van der Waals surface area contributed by atoms with E-state index in [0.717, 1.165) is 22.0 Å². The number of benzene rings is 2. The average molecular weight is 353 g/mol. The molecule has 4 nitrogen and oxygen atoms in total. The number of nitrogens with one attached hydrogen (secondary N) is 1. The van der Waals surface area contributed by atoms with Crippen molar-refractivity contribution in [3.63, 3.8) is 0 Å². The zero-order valence-electron chi connectivity index (χ0n) is 14.2. The summed E-state index contributed by atoms with van der Waals surface area (Å²) in [6, 6.07) is 12.5. The van der Waals surface area contributed by atoms with E-state index in [2.05, 4.69) is 10.3 Å². The Kier molecular flexibility index (Phi) is 4.55. The predicted octanol–water partition coefficient (Wildman–Crippen LogP) is 4.96. The minimum absolute atomic E-state index is 0.0625. The number of fused-ring (bicyclic) bond motifs is 1. The molecule has 1 aromatic heterocycles. The van der Waals surface area contributed by atoms with Crippen LogP contribution < -0.4 is 5.32 Å². The molecular formula is C20H17ClN2O2. The van der Waals surface area contributed by atoms with E-state index < -0.39 is 0 Å². The van der Waals surface area contributed by atoms with Crippen LogP contribution in [0.4, 0.5) is 5.69 Å². The summed E-state index contributed by atoms with van der Waals surface area (Å²) >= 11 is 6.23. The van der Waals surface area contributed by atoms with Crippen LogP contribution >= 0.6 is 11.6 Å². The summed E-state index contributed by atoms with van der Waals surface area (Å²) in [6.07, 6.45) is 0. The number of halogens is 1. The molecule has 0 unspecified atom stereocenters. The van der Waals surface area contributed by atoms with Gasteiger partial charge in [-0.3, -0.25) is 9.59 Å². The van der Waals surface area contributed by atoms with Crippen molar-refractivity contribution in [3.05, 3.63) is 69.9 Å². The molecule has 2 aromatic carbocycles. The maximum absolute atomic E-state index is 12.6. The first-order valence-electron chi connectivity index (χ1n) is 7.85. The highest BCUT2D eigenvalue weighted by molar-refractivity contribution is 6.34. The SMILES string of the molecule is CC(=O)c1cccc(NC(=O)c2cc3cc(C)cc(C)c3nc2Cl)c1. The number of aryl methyl sites for hydroxylation is 2. The molecule has 1 heterocycles. The van der Waals surface area contributed by atoms with Crippen LogP contribution in [0.2, 0.25) is 5.15 Å². The highest BCUT2D eigenvalue weighted by atomic mass is 35.5. The van der Waals surface area contributed by atoms with Crippen molar-refractivity contribution < 1.29 is 9.59 Å². The quantitative estimate of drug-likeness (QED) is 0.535. The number of nitrogens with zero attached hydrogens (tertiary/aromatic N) is 1. The zero-order chi connectivity index (χ0) is 18.1. The van der Waals surface area contributed by atoms with Crippen molar-refractivity contribution >= 4 is 39.9 Å². The van der Waals surface area contributed by atoms with Crippen LogP contribution in [-0.2, 0) is 0 Å². The maximum Gasteiger partial charge on any atom is 0.258 e. The van der Waals surface area contributed by atoms with E-state index in [1.165, 1.54) is 6.92 Å². The standard InChI is InChI=1S/C20H17ClN2O2/c1-11-7-12(2)18-15(8-11)10-17(19(21)23-18)20(25)22-16-6-4-5-14(9-16)13(3)24/h4-10H,1-3H3,(H,22,25). The Bertz CT molecular complexity index is 1010. The summed E-state index contributed by atoms with van der Waals surface area (Å²) in [5.74, 6) is -0.424. The largest absolute Gasteiger partial charge is 0.322 e. The van der Waals surface area contributed by atoms with Gasteiger partial charge in [0.2, 0.25) is 0 Å². The first-order valence-corrected chi connectivity index (χ1v) is 8.23. The van der Waals surface area contributed by atoms with Gasteiger partial charge in [0.25, 0.3) is 5.91 Å². The Morgan fingerprint density at radius 2 is 1.84 bits per heavy atom. The molecule has 0 aliphatic heterocycles. The number of carbonyl (C=O) groups excluding carboxylic acids is 2. The van der Waals surface area contributed by atoms with Gasteiger partial charge in [0.15, 0.2) is 5.78 Å². The first-order chi connectivity index (χ1) is 11.8. The lowest BCUT2D eigenvalue weighted by molar-refractivity contribution is 0.101. The van der Waals surface area contributed by atoms with Crippen LogP contribution in [0.3, 0.4) is 0 Å². The molecule has 0 spiro atoms. The minimum Gasteiger partial charge on any atom is -0.322 e. The number of ketones is 1. The van der Waals surface area contributed by atoms with Crippen molar-refractivity contribution in [1.82, 2.24) is 4.98 Å². The topological polar surface area (TPSA) is 59.1 Å². The van der Waals surface area contributed by atoms with Gasteiger partial charge in [0.05, 0.1) is 11.1 Å². The molecule has 5 heteroatoms. The van der Waals surface area contributed by atoms with E-state index in [9.17, 15) is 9.59 Å². The summed E-state index contributed by atoms with van der Waals surface area (Å²) in [7, 11) is 0. The molecule has 126 valence electrons. The lowest BCUT2D eigenvalue weighted by atomic mass is 10.1. The van der Waals surface area contributed by atoms with Crippen molar-refractivity contribution in [2.24, 2.45) is 0 Å². The highest BCUT2D eigenvalue weighted by Crippen LogP contribution is 2.25. The zero-order valence-corrected chi connectivity index (χ0v) is 14.9. The molecule has 0 aliphatic carbocycles. The van der Waals surface area contributed by atoms with Crippen LogP contribution in [0.1, 0.15) is 38.8 Å². The number of hydrogen-bond acceptors (Lipinski definition) is 3. The summed E-state index contributed by atoms with van der Waals surface area (Å²) in [5, 5.41) is 3.79. The maximum atomic E-state index is 12.6. The fraction of sp³-hybridized carbons (Fsp3) is 0.150. The molecule has 3 aromatic rings. The van der Waals surface area contributed by atoms with Crippen molar-refractivity contribution in [2.45, 2.75) is 20.8 Å². The summed E-state index contributed by atoms with van der Waals surface area (Å²) in [5.41, 5.74) is 4.26. The third kappa shape index (κ3) is 3.54. The fourth-order valence-corrected chi connectivity index (χ4v) is 3.03. The van der Waals surface area contributed by atoms with E-state index in [0.29, 0.717) is 16.8 Å². The second-order valence-corrected chi connectivity index (χ2v) is 6.43. The second-order valence-electron chi connectivity index (χ2n) is 6.07. The van der Waals surface area contributed by atoms with Gasteiger partial charge in [-0.2, -0.15) is 0 Å². The number of rotatable bonds is 3. The predicted molar refractivity (Wildman–Crippen MR) is 101 cm³/mol. The molecule has 0 aliphatic rings. The number of pyridine rings is 1. The normalized spacial score (nSPS) is 10.7. The molecule has 3 rings (SSSR count). The van der Waals surface area contributed by atoms with E-state index in [4.69, 9.17) is 11.6 Å². The Morgan fingerprint density at radius 1 is 1.08 bits per heavy atom. The first kappa shape index (κ1) is 17.1. The molecule has 0 atom stereocenters. The Balaban J connectivity index is 1.98. The number of anilines is 1. The minimum atomic E-state index is -0.362. The molecule has 0 fully saturated rings. The second kappa shape index (κ2) is 6.65. The third-order valence-corrected chi connectivity index (χ3v) is 4.27. The molecule has 25 heavy (non-hydrogen) atoms. The monoisotopic (exact) mass is 352 g/mol. The van der Waals surface area contributed by atoms with Gasteiger partial charge in [0, 0.05) is 16.6 Å². The molecule has 1 N–H and O–H groups in total. The summed E-state index contributed by atoms with van der Waals surface area (Å²) < 4.78 is 0. The van der Waals surface area contributed by atoms with E-state index in [1.807, 2.05) is 26.0 Å². The van der Waals surface area contributed by atoms with Gasteiger partial charge in [0.1, 0.15) is 5.15 Å². The Hall–Kier alpha value is -2.72. The molecule has 1 amide bonds. The van der Waals surface area contributed by atoms with Gasteiger partial charge in [-0.25, -0.2) is 4.98 Å². The number of carbonyl (C=O) groups is 2. The molecule has 0 radical (unpaired) electrons. The van der Waals surface area contributed by atoms with E-state index in [-0.39, 0.29) is 16.8 Å². The number of hydrogen-bond donors (Lipinski definition) is 1. The number of aromatic nitrogens is 1. The third-order valence-electron chi connectivity index (χ3n) is 3.98. The van der Waals surface area contributed by atoms with Gasteiger partial charge in [-0.1, -0.05) is 35.4 Å². The van der Waals surface area contributed by atoms with Crippen molar-refractivity contribution in [2.75, 3.05) is 5.32 Å². The fourth-order valence-electron chi connectivity index (χ4n) is 2.80.